The predicted molar refractivity (Wildman–Crippen MR) is 270 cm³/mol. The van der Waals surface area contributed by atoms with Gasteiger partial charge in [0.05, 0.1) is 6.04 Å². The van der Waals surface area contributed by atoms with Crippen LogP contribution in [0, 0.1) is 0 Å². The Hall–Kier alpha value is -7.68. The van der Waals surface area contributed by atoms with Crippen molar-refractivity contribution in [3.05, 3.63) is 273 Å². The summed E-state index contributed by atoms with van der Waals surface area (Å²) in [4.78, 5) is 4.75. The van der Waals surface area contributed by atoms with Crippen molar-refractivity contribution in [1.82, 2.24) is 0 Å². The van der Waals surface area contributed by atoms with Gasteiger partial charge in [0, 0.05) is 34.4 Å². The lowest BCUT2D eigenvalue weighted by Gasteiger charge is -2.33. The van der Waals surface area contributed by atoms with Crippen LogP contribution < -0.4 is 9.80 Å². The summed E-state index contributed by atoms with van der Waals surface area (Å²) in [5.41, 5.74) is 15.2. The van der Waals surface area contributed by atoms with Crippen molar-refractivity contribution in [2.75, 3.05) is 9.80 Å². The second kappa shape index (κ2) is 18.9. The maximum absolute atomic E-state index is 4.16. The summed E-state index contributed by atoms with van der Waals surface area (Å²) in [5, 5.41) is 0. The van der Waals surface area contributed by atoms with Gasteiger partial charge in [-0.2, -0.15) is 0 Å². The molecule has 1 aliphatic carbocycles. The molecule has 0 bridgehead atoms. The Bertz CT molecular complexity index is 2820. The van der Waals surface area contributed by atoms with Crippen molar-refractivity contribution in [1.29, 1.82) is 0 Å². The maximum atomic E-state index is 4.16. The number of anilines is 4. The topological polar surface area (TPSA) is 6.48 Å². The van der Waals surface area contributed by atoms with Crippen LogP contribution in [0.3, 0.4) is 0 Å². The van der Waals surface area contributed by atoms with Crippen LogP contribution in [0.1, 0.15) is 30.9 Å². The van der Waals surface area contributed by atoms with Gasteiger partial charge in [0.1, 0.15) is 0 Å². The molecule has 2 heteroatoms. The highest BCUT2D eigenvalue weighted by Crippen LogP contribution is 2.38. The quantitative estimate of drug-likeness (QED) is 0.101. The van der Waals surface area contributed by atoms with E-state index in [1.807, 2.05) is 6.08 Å². The summed E-state index contributed by atoms with van der Waals surface area (Å²) < 4.78 is 0. The molecule has 0 radical (unpaired) electrons. The molecule has 0 amide bonds. The van der Waals surface area contributed by atoms with Crippen molar-refractivity contribution in [3.8, 4) is 33.4 Å². The van der Waals surface area contributed by atoms with Crippen LogP contribution in [0.15, 0.2) is 262 Å². The molecule has 0 spiro atoms. The lowest BCUT2D eigenvalue weighted by atomic mass is 9.78. The van der Waals surface area contributed by atoms with Gasteiger partial charge in [-0.1, -0.05) is 207 Å². The van der Waals surface area contributed by atoms with Crippen LogP contribution in [0.25, 0.3) is 39.0 Å². The van der Waals surface area contributed by atoms with Crippen molar-refractivity contribution in [2.24, 2.45) is 0 Å². The van der Waals surface area contributed by atoms with Gasteiger partial charge in [-0.25, -0.2) is 0 Å². The van der Waals surface area contributed by atoms with Crippen LogP contribution in [0.2, 0.25) is 0 Å². The molecule has 2 atom stereocenters. The fourth-order valence-corrected chi connectivity index (χ4v) is 8.67. The average molecular weight is 813 g/mol. The summed E-state index contributed by atoms with van der Waals surface area (Å²) >= 11 is 0. The molecular formula is C61H52N2. The van der Waals surface area contributed by atoms with Gasteiger partial charge in [-0.05, 0) is 111 Å². The van der Waals surface area contributed by atoms with Gasteiger partial charge in [0.25, 0.3) is 0 Å². The lowest BCUT2D eigenvalue weighted by Crippen LogP contribution is -2.30. The first kappa shape index (κ1) is 40.7. The Morgan fingerprint density at radius 2 is 0.937 bits per heavy atom. The van der Waals surface area contributed by atoms with Crippen LogP contribution in [-0.4, -0.2) is 6.04 Å². The number of allylic oxidation sites excluding steroid dienone is 4. The number of hydrogen-bond donors (Lipinski definition) is 0. The van der Waals surface area contributed by atoms with E-state index < -0.39 is 0 Å². The summed E-state index contributed by atoms with van der Waals surface area (Å²) in [7, 11) is 0. The predicted octanol–water partition coefficient (Wildman–Crippen LogP) is 16.4. The highest BCUT2D eigenvalue weighted by atomic mass is 15.2. The van der Waals surface area contributed by atoms with E-state index in [9.17, 15) is 0 Å². The monoisotopic (exact) mass is 812 g/mol. The molecule has 0 fully saturated rings. The summed E-state index contributed by atoms with van der Waals surface area (Å²) in [6, 6.07) is 78.5. The van der Waals surface area contributed by atoms with Crippen molar-refractivity contribution >= 4 is 28.3 Å². The molecule has 0 aromatic heterocycles. The van der Waals surface area contributed by atoms with Gasteiger partial charge < -0.3 is 9.80 Å². The number of rotatable bonds is 14. The van der Waals surface area contributed by atoms with Gasteiger partial charge >= 0.3 is 0 Å². The molecule has 2 nitrogen and oxygen atoms in total. The number of nitrogens with zero attached hydrogens (tertiary/aromatic N) is 2. The fraction of sp³-hybridized carbons (Fsp3) is 0.0820. The lowest BCUT2D eigenvalue weighted by molar-refractivity contribution is 0.604. The molecule has 9 rings (SSSR count). The molecule has 2 unspecified atom stereocenters. The highest BCUT2D eigenvalue weighted by Gasteiger charge is 2.24. The van der Waals surface area contributed by atoms with E-state index in [0.29, 0.717) is 0 Å². The van der Waals surface area contributed by atoms with Gasteiger partial charge in [0.15, 0.2) is 0 Å². The number of benzene rings is 8. The molecule has 63 heavy (non-hydrogen) atoms. The third-order valence-electron chi connectivity index (χ3n) is 12.2. The van der Waals surface area contributed by atoms with Crippen LogP contribution in [0.4, 0.5) is 22.7 Å². The smallest absolute Gasteiger partial charge is 0.0560 e. The van der Waals surface area contributed by atoms with Crippen molar-refractivity contribution < 1.29 is 0 Å². The molecule has 0 N–H and O–H groups in total. The van der Waals surface area contributed by atoms with Gasteiger partial charge in [-0.3, -0.25) is 0 Å². The Kier molecular flexibility index (Phi) is 12.2. The van der Waals surface area contributed by atoms with Gasteiger partial charge in [0.2, 0.25) is 0 Å². The second-order valence-electron chi connectivity index (χ2n) is 16.4. The zero-order valence-electron chi connectivity index (χ0n) is 35.8. The van der Waals surface area contributed by atoms with Crippen LogP contribution >= 0.6 is 0 Å². The minimum Gasteiger partial charge on any atom is -0.334 e. The third-order valence-corrected chi connectivity index (χ3v) is 12.2. The van der Waals surface area contributed by atoms with Crippen molar-refractivity contribution in [2.45, 2.75) is 31.2 Å². The molecule has 0 heterocycles. The molecule has 8 aromatic carbocycles. The minimum atomic E-state index is -0.271. The Labute approximate surface area is 373 Å². The van der Waals surface area contributed by atoms with Crippen molar-refractivity contribution in [3.63, 3.8) is 0 Å². The SMILES string of the molecule is C=CCC(C)(/C=C\N(c1ccccc1)c1ccc(-c2ccc(N(c3ccc(-c4ccccc4)cc3)C3C=CC(c4ccccc4)=CC3)cc2)cc1)c1cccc(-c2ccccc2)c1. The van der Waals surface area contributed by atoms with E-state index in [1.54, 1.807) is 0 Å². The zero-order chi connectivity index (χ0) is 42.9. The Morgan fingerprint density at radius 1 is 0.492 bits per heavy atom. The Balaban J connectivity index is 0.991. The summed E-state index contributed by atoms with van der Waals surface area (Å²) in [6.07, 6.45) is 15.3. The normalized spacial score (nSPS) is 14.4. The largest absolute Gasteiger partial charge is 0.334 e. The second-order valence-corrected chi connectivity index (χ2v) is 16.4. The fourth-order valence-electron chi connectivity index (χ4n) is 8.67. The first-order valence-electron chi connectivity index (χ1n) is 21.9. The molecule has 0 saturated heterocycles. The van der Waals surface area contributed by atoms with Gasteiger partial charge in [-0.15, -0.1) is 6.58 Å². The first-order chi connectivity index (χ1) is 31.0. The number of para-hydroxylation sites is 1. The zero-order valence-corrected chi connectivity index (χ0v) is 35.8. The molecular weight excluding hydrogens is 761 g/mol. The molecule has 306 valence electrons. The standard InChI is InChI=1S/C61H52N2/c1-3-43-61(2,55-24-16-23-54(46-55)49-21-12-6-13-22-49)44-45-62(56-25-14-7-15-26-56)57-35-27-52(28-36-57)53-33-41-60(42-34-53)63(58-37-29-50(30-38-58)47-17-8-4-9-18-47)59-39-31-51(32-40-59)48-19-10-5-11-20-48/h3-39,41-42,44-46,59H,1,40,43H2,2H3/b45-44-. The van der Waals surface area contributed by atoms with E-state index in [4.69, 9.17) is 0 Å². The molecule has 1 aliphatic rings. The van der Waals surface area contributed by atoms with Crippen LogP contribution in [-0.2, 0) is 5.41 Å². The summed E-state index contributed by atoms with van der Waals surface area (Å²) in [5.74, 6) is 0. The first-order valence-corrected chi connectivity index (χ1v) is 21.9. The van der Waals surface area contributed by atoms with Crippen LogP contribution in [0.5, 0.6) is 0 Å². The van der Waals surface area contributed by atoms with E-state index in [1.165, 1.54) is 55.8 Å². The maximum Gasteiger partial charge on any atom is 0.0560 e. The van der Waals surface area contributed by atoms with E-state index in [0.717, 1.165) is 29.9 Å². The average Bonchev–Trinajstić information content (AvgIpc) is 3.36. The molecule has 0 aliphatic heterocycles. The highest BCUT2D eigenvalue weighted by molar-refractivity contribution is 5.78. The third kappa shape index (κ3) is 9.32. The molecule has 8 aromatic rings. The number of hydrogen-bond acceptors (Lipinski definition) is 2. The van der Waals surface area contributed by atoms with E-state index >= 15 is 0 Å². The molecule has 0 saturated carbocycles. The van der Waals surface area contributed by atoms with E-state index in [2.05, 4.69) is 272 Å². The van der Waals surface area contributed by atoms with E-state index in [-0.39, 0.29) is 11.5 Å². The summed E-state index contributed by atoms with van der Waals surface area (Å²) in [6.45, 7) is 6.46. The Morgan fingerprint density at radius 3 is 1.44 bits per heavy atom. The minimum absolute atomic E-state index is 0.170.